The van der Waals surface area contributed by atoms with Crippen molar-refractivity contribution in [1.82, 2.24) is 4.90 Å². The molecule has 0 unspecified atom stereocenters. The topological polar surface area (TPSA) is 46.3 Å². The Morgan fingerprint density at radius 3 is 2.82 bits per heavy atom. The third kappa shape index (κ3) is 3.09. The molecule has 4 heteroatoms. The van der Waals surface area contributed by atoms with E-state index in [2.05, 4.69) is 11.8 Å². The maximum Gasteiger partial charge on any atom is 0.263 e. The van der Waals surface area contributed by atoms with Crippen molar-refractivity contribution < 1.29 is 4.79 Å². The molecular formula is C13H16N2OS. The van der Waals surface area contributed by atoms with Crippen LogP contribution in [0.15, 0.2) is 12.1 Å². The van der Waals surface area contributed by atoms with Crippen molar-refractivity contribution >= 4 is 17.2 Å². The van der Waals surface area contributed by atoms with E-state index in [0.717, 1.165) is 35.7 Å². The van der Waals surface area contributed by atoms with Gasteiger partial charge < -0.3 is 10.6 Å². The van der Waals surface area contributed by atoms with Gasteiger partial charge in [0, 0.05) is 13.1 Å². The zero-order valence-electron chi connectivity index (χ0n) is 9.74. The molecular weight excluding hydrogens is 232 g/mol. The molecule has 17 heavy (non-hydrogen) atoms. The van der Waals surface area contributed by atoms with Crippen LogP contribution in [0.2, 0.25) is 0 Å². The number of thiophene rings is 1. The van der Waals surface area contributed by atoms with Crippen LogP contribution in [-0.2, 0) is 0 Å². The molecule has 1 aromatic rings. The van der Waals surface area contributed by atoms with E-state index in [1.165, 1.54) is 17.8 Å². The first kappa shape index (κ1) is 12.2. The molecule has 0 aromatic carbocycles. The number of hydrogen-bond donors (Lipinski definition) is 1. The van der Waals surface area contributed by atoms with E-state index in [-0.39, 0.29) is 5.91 Å². The van der Waals surface area contributed by atoms with E-state index < -0.39 is 0 Å². The fourth-order valence-electron chi connectivity index (χ4n) is 1.91. The third-order valence-electron chi connectivity index (χ3n) is 2.77. The van der Waals surface area contributed by atoms with Gasteiger partial charge in [0.15, 0.2) is 0 Å². The zero-order valence-corrected chi connectivity index (χ0v) is 10.6. The van der Waals surface area contributed by atoms with E-state index in [1.807, 2.05) is 17.0 Å². The summed E-state index contributed by atoms with van der Waals surface area (Å²) in [5.74, 6) is 5.90. The molecule has 1 aromatic heterocycles. The first-order valence-electron chi connectivity index (χ1n) is 5.89. The fraction of sp³-hybridized carbons (Fsp3) is 0.462. The van der Waals surface area contributed by atoms with Gasteiger partial charge in [-0.3, -0.25) is 4.79 Å². The summed E-state index contributed by atoms with van der Waals surface area (Å²) in [5, 5.41) is 0. The lowest BCUT2D eigenvalue weighted by Gasteiger charge is -2.26. The lowest BCUT2D eigenvalue weighted by atomic mass is 10.1. The molecule has 2 rings (SSSR count). The minimum atomic E-state index is 0.149. The van der Waals surface area contributed by atoms with E-state index in [0.29, 0.717) is 6.54 Å². The summed E-state index contributed by atoms with van der Waals surface area (Å²) >= 11 is 1.45. The summed E-state index contributed by atoms with van der Waals surface area (Å²) in [4.78, 5) is 15.8. The fourth-order valence-corrected chi connectivity index (χ4v) is 2.76. The molecule has 1 fully saturated rings. The van der Waals surface area contributed by atoms with Crippen molar-refractivity contribution in [3.63, 3.8) is 0 Å². The van der Waals surface area contributed by atoms with Crippen molar-refractivity contribution in [2.45, 2.75) is 19.3 Å². The molecule has 2 heterocycles. The Morgan fingerprint density at radius 2 is 2.12 bits per heavy atom. The van der Waals surface area contributed by atoms with Crippen molar-refractivity contribution in [3.05, 3.63) is 21.9 Å². The van der Waals surface area contributed by atoms with Crippen molar-refractivity contribution in [3.8, 4) is 11.8 Å². The Hall–Kier alpha value is -1.31. The molecule has 0 bridgehead atoms. The minimum absolute atomic E-state index is 0.149. The largest absolute Gasteiger partial charge is 0.338 e. The molecule has 1 amide bonds. The van der Waals surface area contributed by atoms with Crippen molar-refractivity contribution in [2.75, 3.05) is 19.6 Å². The standard InChI is InChI=1S/C13H16N2OS/c14-8-4-5-11-6-7-12(17-11)13(16)15-9-2-1-3-10-15/h6-7H,1-3,8-10,14H2. The molecule has 0 saturated carbocycles. The van der Waals surface area contributed by atoms with Crippen molar-refractivity contribution in [2.24, 2.45) is 5.73 Å². The van der Waals surface area contributed by atoms with Gasteiger partial charge in [0.05, 0.1) is 16.3 Å². The van der Waals surface area contributed by atoms with E-state index in [4.69, 9.17) is 5.73 Å². The Kier molecular flexibility index (Phi) is 4.18. The monoisotopic (exact) mass is 248 g/mol. The number of hydrogen-bond acceptors (Lipinski definition) is 3. The highest BCUT2D eigenvalue weighted by molar-refractivity contribution is 7.14. The molecule has 0 spiro atoms. The predicted octanol–water partition coefficient (Wildman–Crippen LogP) is 1.68. The number of amides is 1. The van der Waals surface area contributed by atoms with Crippen LogP contribution in [0, 0.1) is 11.8 Å². The van der Waals surface area contributed by atoms with Gasteiger partial charge in [-0.15, -0.1) is 11.3 Å². The average molecular weight is 248 g/mol. The van der Waals surface area contributed by atoms with Gasteiger partial charge in [-0.2, -0.15) is 0 Å². The Balaban J connectivity index is 2.06. The highest BCUT2D eigenvalue weighted by atomic mass is 32.1. The summed E-state index contributed by atoms with van der Waals surface area (Å²) in [6, 6.07) is 3.76. The molecule has 1 saturated heterocycles. The molecule has 0 atom stereocenters. The number of rotatable bonds is 1. The highest BCUT2D eigenvalue weighted by Gasteiger charge is 2.19. The van der Waals surface area contributed by atoms with Gasteiger partial charge in [-0.05, 0) is 31.4 Å². The first-order chi connectivity index (χ1) is 8.31. The van der Waals surface area contributed by atoms with Crippen LogP contribution in [-0.4, -0.2) is 30.4 Å². The Morgan fingerprint density at radius 1 is 1.35 bits per heavy atom. The van der Waals surface area contributed by atoms with Gasteiger partial charge in [-0.1, -0.05) is 11.8 Å². The molecule has 1 aliphatic rings. The first-order valence-corrected chi connectivity index (χ1v) is 6.71. The summed E-state index contributed by atoms with van der Waals surface area (Å²) in [6.45, 7) is 2.13. The average Bonchev–Trinajstić information content (AvgIpc) is 2.85. The number of piperidine rings is 1. The minimum Gasteiger partial charge on any atom is -0.338 e. The number of carbonyl (C=O) groups is 1. The van der Waals surface area contributed by atoms with Crippen LogP contribution in [0.4, 0.5) is 0 Å². The van der Waals surface area contributed by atoms with Gasteiger partial charge in [0.25, 0.3) is 5.91 Å². The summed E-state index contributed by atoms with van der Waals surface area (Å²) in [7, 11) is 0. The summed E-state index contributed by atoms with van der Waals surface area (Å²) < 4.78 is 0. The molecule has 0 aliphatic carbocycles. The molecule has 0 radical (unpaired) electrons. The van der Waals surface area contributed by atoms with Crippen molar-refractivity contribution in [1.29, 1.82) is 0 Å². The van der Waals surface area contributed by atoms with E-state index in [1.54, 1.807) is 0 Å². The second-order valence-electron chi connectivity index (χ2n) is 4.02. The summed E-state index contributed by atoms with van der Waals surface area (Å²) in [5.41, 5.74) is 5.32. The van der Waals surface area contributed by atoms with E-state index >= 15 is 0 Å². The smallest absolute Gasteiger partial charge is 0.263 e. The molecule has 3 nitrogen and oxygen atoms in total. The number of nitrogens with zero attached hydrogens (tertiary/aromatic N) is 1. The normalized spacial score (nSPS) is 15.2. The number of likely N-dealkylation sites (tertiary alicyclic amines) is 1. The highest BCUT2D eigenvalue weighted by Crippen LogP contribution is 2.19. The SMILES string of the molecule is NCC#Cc1ccc(C(=O)N2CCCCC2)s1. The van der Waals surface area contributed by atoms with Gasteiger partial charge >= 0.3 is 0 Å². The lowest BCUT2D eigenvalue weighted by Crippen LogP contribution is -2.35. The van der Waals surface area contributed by atoms with Gasteiger partial charge in [-0.25, -0.2) is 0 Å². The van der Waals surface area contributed by atoms with Crippen LogP contribution in [0.3, 0.4) is 0 Å². The van der Waals surface area contributed by atoms with Crippen LogP contribution < -0.4 is 5.73 Å². The molecule has 90 valence electrons. The second kappa shape index (κ2) is 5.85. The quantitative estimate of drug-likeness (QED) is 0.769. The van der Waals surface area contributed by atoms with E-state index in [9.17, 15) is 4.79 Å². The predicted molar refractivity (Wildman–Crippen MR) is 70.0 cm³/mol. The summed E-state index contributed by atoms with van der Waals surface area (Å²) in [6.07, 6.45) is 3.48. The van der Waals surface area contributed by atoms with Crippen LogP contribution in [0.1, 0.15) is 33.8 Å². The van der Waals surface area contributed by atoms with Crippen LogP contribution in [0.5, 0.6) is 0 Å². The molecule has 2 N–H and O–H groups in total. The Bertz CT molecular complexity index is 449. The van der Waals surface area contributed by atoms with Crippen LogP contribution in [0.25, 0.3) is 0 Å². The number of carbonyl (C=O) groups excluding carboxylic acids is 1. The van der Waals surface area contributed by atoms with Crippen LogP contribution >= 0.6 is 11.3 Å². The molecule has 1 aliphatic heterocycles. The van der Waals surface area contributed by atoms with Gasteiger partial charge in [0.2, 0.25) is 0 Å². The third-order valence-corrected chi connectivity index (χ3v) is 3.76. The Labute approximate surface area is 106 Å². The maximum absolute atomic E-state index is 12.2. The van der Waals surface area contributed by atoms with Gasteiger partial charge in [0.1, 0.15) is 0 Å². The number of nitrogens with two attached hydrogens (primary N) is 1. The maximum atomic E-state index is 12.2. The zero-order chi connectivity index (χ0) is 12.1. The lowest BCUT2D eigenvalue weighted by molar-refractivity contribution is 0.0729. The second-order valence-corrected chi connectivity index (χ2v) is 5.11.